The summed E-state index contributed by atoms with van der Waals surface area (Å²) in [5.74, 6) is 1.09. The normalized spacial score (nSPS) is 15.8. The molecule has 0 fully saturated rings. The number of hydrogen-bond acceptors (Lipinski definition) is 2. The lowest BCUT2D eigenvalue weighted by Gasteiger charge is -2.13. The Hall–Kier alpha value is -0.830. The van der Waals surface area contributed by atoms with Crippen molar-refractivity contribution >= 4 is 0 Å². The fourth-order valence-corrected chi connectivity index (χ4v) is 2.04. The van der Waals surface area contributed by atoms with E-state index in [0.29, 0.717) is 6.73 Å². The summed E-state index contributed by atoms with van der Waals surface area (Å²) in [7, 11) is 1.73. The zero-order chi connectivity index (χ0) is 9.26. The summed E-state index contributed by atoms with van der Waals surface area (Å²) in [5.41, 5.74) is 2.69. The van der Waals surface area contributed by atoms with Crippen LogP contribution in [-0.2, 0) is 24.3 Å². The van der Waals surface area contributed by atoms with Crippen LogP contribution in [0.4, 0.5) is 0 Å². The van der Waals surface area contributed by atoms with E-state index in [1.807, 2.05) is 0 Å². The van der Waals surface area contributed by atoms with E-state index < -0.39 is 0 Å². The van der Waals surface area contributed by atoms with Crippen molar-refractivity contribution in [2.24, 2.45) is 0 Å². The molecule has 2 rings (SSSR count). The molecule has 1 aromatic rings. The molecule has 0 N–H and O–H groups in total. The Morgan fingerprint density at radius 3 is 2.92 bits per heavy atom. The molecule has 0 saturated carbocycles. The van der Waals surface area contributed by atoms with E-state index in [4.69, 9.17) is 4.74 Å². The molecule has 0 aromatic carbocycles. The molecule has 0 unspecified atom stereocenters. The Morgan fingerprint density at radius 1 is 1.38 bits per heavy atom. The van der Waals surface area contributed by atoms with Gasteiger partial charge in [0.15, 0.2) is 0 Å². The van der Waals surface area contributed by atoms with Gasteiger partial charge in [-0.05, 0) is 32.6 Å². The highest BCUT2D eigenvalue weighted by atomic mass is 16.5. The van der Waals surface area contributed by atoms with E-state index in [0.717, 1.165) is 12.2 Å². The summed E-state index contributed by atoms with van der Waals surface area (Å²) in [5, 5.41) is 0. The van der Waals surface area contributed by atoms with Crippen molar-refractivity contribution in [1.29, 1.82) is 0 Å². The Labute approximate surface area is 78.7 Å². The molecule has 0 bridgehead atoms. The predicted molar refractivity (Wildman–Crippen MR) is 50.6 cm³/mol. The third-order valence-corrected chi connectivity index (χ3v) is 2.68. The van der Waals surface area contributed by atoms with Gasteiger partial charge in [-0.1, -0.05) is 0 Å². The van der Waals surface area contributed by atoms with Crippen LogP contribution in [0.1, 0.15) is 30.1 Å². The number of ether oxygens (including phenoxy) is 1. The van der Waals surface area contributed by atoms with E-state index in [1.165, 1.54) is 30.7 Å². The summed E-state index contributed by atoms with van der Waals surface area (Å²) >= 11 is 0. The molecule has 1 heterocycles. The first-order valence-electron chi connectivity index (χ1n) is 4.86. The maximum atomic E-state index is 5.16. The second kappa shape index (κ2) is 3.50. The minimum absolute atomic E-state index is 0.647. The van der Waals surface area contributed by atoms with Crippen LogP contribution >= 0.6 is 0 Å². The summed E-state index contributed by atoms with van der Waals surface area (Å²) in [4.78, 5) is 4.55. The molecule has 0 atom stereocenters. The SMILES string of the molecule is COCn1c(C)nc2c1CCCC2. The number of fused-ring (bicyclic) bond motifs is 1. The predicted octanol–water partition coefficient (Wildman–Crippen LogP) is 1.67. The maximum absolute atomic E-state index is 5.16. The van der Waals surface area contributed by atoms with Gasteiger partial charge in [-0.2, -0.15) is 0 Å². The fourth-order valence-electron chi connectivity index (χ4n) is 2.04. The number of aromatic nitrogens is 2. The molecule has 0 aliphatic heterocycles. The molecule has 1 aliphatic rings. The van der Waals surface area contributed by atoms with Crippen molar-refractivity contribution in [2.75, 3.05) is 7.11 Å². The number of aryl methyl sites for hydroxylation is 2. The van der Waals surface area contributed by atoms with Crippen LogP contribution < -0.4 is 0 Å². The average molecular weight is 180 g/mol. The van der Waals surface area contributed by atoms with Gasteiger partial charge in [0.25, 0.3) is 0 Å². The molecular weight excluding hydrogens is 164 g/mol. The topological polar surface area (TPSA) is 27.1 Å². The molecule has 72 valence electrons. The smallest absolute Gasteiger partial charge is 0.123 e. The van der Waals surface area contributed by atoms with Gasteiger partial charge in [-0.25, -0.2) is 4.98 Å². The van der Waals surface area contributed by atoms with E-state index in [1.54, 1.807) is 7.11 Å². The van der Waals surface area contributed by atoms with Gasteiger partial charge in [-0.3, -0.25) is 0 Å². The van der Waals surface area contributed by atoms with Crippen molar-refractivity contribution in [2.45, 2.75) is 39.3 Å². The number of nitrogens with zero attached hydrogens (tertiary/aromatic N) is 2. The molecule has 0 saturated heterocycles. The Morgan fingerprint density at radius 2 is 2.15 bits per heavy atom. The number of imidazole rings is 1. The van der Waals surface area contributed by atoms with Crippen molar-refractivity contribution in [1.82, 2.24) is 9.55 Å². The molecule has 3 heteroatoms. The fraction of sp³-hybridized carbons (Fsp3) is 0.700. The highest BCUT2D eigenvalue weighted by Gasteiger charge is 2.17. The van der Waals surface area contributed by atoms with Crippen LogP contribution in [0.5, 0.6) is 0 Å². The Kier molecular flexibility index (Phi) is 2.36. The van der Waals surface area contributed by atoms with Gasteiger partial charge < -0.3 is 9.30 Å². The quantitative estimate of drug-likeness (QED) is 0.692. The third kappa shape index (κ3) is 1.48. The van der Waals surface area contributed by atoms with Gasteiger partial charge in [0, 0.05) is 12.8 Å². The van der Waals surface area contributed by atoms with Crippen LogP contribution in [0, 0.1) is 6.92 Å². The van der Waals surface area contributed by atoms with Gasteiger partial charge in [-0.15, -0.1) is 0 Å². The van der Waals surface area contributed by atoms with Crippen LogP contribution in [0.15, 0.2) is 0 Å². The van der Waals surface area contributed by atoms with Gasteiger partial charge >= 0.3 is 0 Å². The lowest BCUT2D eigenvalue weighted by molar-refractivity contribution is 0.126. The summed E-state index contributed by atoms with van der Waals surface area (Å²) in [6, 6.07) is 0. The highest BCUT2D eigenvalue weighted by Crippen LogP contribution is 2.21. The molecule has 3 nitrogen and oxygen atoms in total. The number of rotatable bonds is 2. The molecule has 1 aromatic heterocycles. The summed E-state index contributed by atoms with van der Waals surface area (Å²) in [6.45, 7) is 2.70. The minimum atomic E-state index is 0.647. The van der Waals surface area contributed by atoms with Gasteiger partial charge in [0.05, 0.1) is 5.69 Å². The molecular formula is C10H16N2O. The first-order chi connectivity index (χ1) is 6.33. The maximum Gasteiger partial charge on any atom is 0.123 e. The minimum Gasteiger partial charge on any atom is -0.364 e. The molecule has 0 radical (unpaired) electrons. The van der Waals surface area contributed by atoms with Crippen LogP contribution in [0.25, 0.3) is 0 Å². The summed E-state index contributed by atoms with van der Waals surface area (Å²) in [6.07, 6.45) is 4.89. The monoisotopic (exact) mass is 180 g/mol. The van der Waals surface area contributed by atoms with E-state index >= 15 is 0 Å². The van der Waals surface area contributed by atoms with Crippen LogP contribution in [-0.4, -0.2) is 16.7 Å². The largest absolute Gasteiger partial charge is 0.364 e. The third-order valence-electron chi connectivity index (χ3n) is 2.68. The molecule has 0 spiro atoms. The second-order valence-electron chi connectivity index (χ2n) is 3.61. The van der Waals surface area contributed by atoms with Crippen molar-refractivity contribution in [3.8, 4) is 0 Å². The Bertz CT molecular complexity index is 304. The zero-order valence-electron chi connectivity index (χ0n) is 8.34. The van der Waals surface area contributed by atoms with Crippen molar-refractivity contribution in [3.05, 3.63) is 17.2 Å². The second-order valence-corrected chi connectivity index (χ2v) is 3.61. The van der Waals surface area contributed by atoms with Gasteiger partial charge in [0.2, 0.25) is 0 Å². The van der Waals surface area contributed by atoms with E-state index in [2.05, 4.69) is 16.5 Å². The standard InChI is InChI=1S/C10H16N2O/c1-8-11-9-5-3-4-6-10(9)12(8)7-13-2/h3-7H2,1-2H3. The Balaban J connectivity index is 2.36. The number of hydrogen-bond donors (Lipinski definition) is 0. The van der Waals surface area contributed by atoms with Crippen molar-refractivity contribution in [3.63, 3.8) is 0 Å². The lowest BCUT2D eigenvalue weighted by atomic mass is 10.0. The summed E-state index contributed by atoms with van der Waals surface area (Å²) < 4.78 is 7.35. The van der Waals surface area contributed by atoms with E-state index in [-0.39, 0.29) is 0 Å². The van der Waals surface area contributed by atoms with Gasteiger partial charge in [0.1, 0.15) is 12.6 Å². The zero-order valence-corrected chi connectivity index (χ0v) is 8.34. The molecule has 0 amide bonds. The molecule has 13 heavy (non-hydrogen) atoms. The number of methoxy groups -OCH3 is 1. The molecule has 1 aliphatic carbocycles. The van der Waals surface area contributed by atoms with Crippen LogP contribution in [0.2, 0.25) is 0 Å². The first kappa shape index (κ1) is 8.75. The lowest BCUT2D eigenvalue weighted by Crippen LogP contribution is -2.10. The average Bonchev–Trinajstić information content (AvgIpc) is 2.44. The first-order valence-corrected chi connectivity index (χ1v) is 4.86. The van der Waals surface area contributed by atoms with Crippen LogP contribution in [0.3, 0.4) is 0 Å². The van der Waals surface area contributed by atoms with Crippen molar-refractivity contribution < 1.29 is 4.74 Å². The highest BCUT2D eigenvalue weighted by molar-refractivity contribution is 5.19. The van der Waals surface area contributed by atoms with E-state index in [9.17, 15) is 0 Å².